The van der Waals surface area contributed by atoms with Gasteiger partial charge in [0.15, 0.2) is 0 Å². The molecule has 106 valence electrons. The van der Waals surface area contributed by atoms with Gasteiger partial charge in [0.2, 0.25) is 0 Å². The minimum absolute atomic E-state index is 0.0764. The Labute approximate surface area is 117 Å². The molecule has 3 N–H and O–H groups in total. The molecular formula is C15H17FN2O2. The molecule has 0 aliphatic carbocycles. The molecule has 1 aliphatic rings. The Morgan fingerprint density at radius 1 is 1.55 bits per heavy atom. The van der Waals surface area contributed by atoms with Gasteiger partial charge >= 0.3 is 0 Å². The number of nitrogens with zero attached hydrogens (tertiary/aromatic N) is 1. The maximum Gasteiger partial charge on any atom is 0.255 e. The molecular weight excluding hydrogens is 259 g/mol. The number of benzene rings is 1. The Bertz CT molecular complexity index is 563. The Morgan fingerprint density at radius 2 is 2.35 bits per heavy atom. The molecule has 1 aliphatic heterocycles. The van der Waals surface area contributed by atoms with Crippen LogP contribution in [-0.2, 0) is 0 Å². The summed E-state index contributed by atoms with van der Waals surface area (Å²) in [4.78, 5) is 14.1. The number of nitrogens with two attached hydrogens (primary N) is 1. The predicted molar refractivity (Wildman–Crippen MR) is 73.4 cm³/mol. The van der Waals surface area contributed by atoms with Crippen molar-refractivity contribution in [3.8, 4) is 11.8 Å². The number of aliphatic hydroxyl groups is 1. The minimum Gasteiger partial charge on any atom is -0.396 e. The van der Waals surface area contributed by atoms with Gasteiger partial charge in [-0.3, -0.25) is 4.79 Å². The van der Waals surface area contributed by atoms with Gasteiger partial charge < -0.3 is 15.7 Å². The first-order valence-electron chi connectivity index (χ1n) is 6.54. The van der Waals surface area contributed by atoms with Gasteiger partial charge in [0.05, 0.1) is 12.1 Å². The van der Waals surface area contributed by atoms with Crippen molar-refractivity contribution in [1.29, 1.82) is 0 Å². The number of carbonyl (C=O) groups excluding carboxylic acids is 1. The van der Waals surface area contributed by atoms with Crippen LogP contribution in [0.5, 0.6) is 0 Å². The number of likely N-dealkylation sites (tertiary alicyclic amines) is 1. The van der Waals surface area contributed by atoms with E-state index in [0.717, 1.165) is 6.42 Å². The lowest BCUT2D eigenvalue weighted by atomic mass is 10.1. The highest BCUT2D eigenvalue weighted by molar-refractivity contribution is 5.97. The summed E-state index contributed by atoms with van der Waals surface area (Å²) in [6.45, 7) is 1.36. The molecule has 0 bridgehead atoms. The van der Waals surface area contributed by atoms with E-state index in [0.29, 0.717) is 24.2 Å². The predicted octanol–water partition coefficient (Wildman–Crippen LogP) is 0.590. The van der Waals surface area contributed by atoms with E-state index >= 15 is 0 Å². The van der Waals surface area contributed by atoms with Crippen LogP contribution >= 0.6 is 0 Å². The van der Waals surface area contributed by atoms with E-state index in [-0.39, 0.29) is 25.0 Å². The van der Waals surface area contributed by atoms with Crippen LogP contribution in [0.1, 0.15) is 22.3 Å². The standard InChI is InChI=1S/C15H17FN2O2/c16-13-3-4-14(12(8-13)2-1-6-17)15(20)18-7-5-11(9-18)10-19/h3-4,8,11,19H,5-7,9-10,17H2. The number of hydrogen-bond donors (Lipinski definition) is 2. The largest absolute Gasteiger partial charge is 0.396 e. The van der Waals surface area contributed by atoms with Crippen LogP contribution in [0.15, 0.2) is 18.2 Å². The van der Waals surface area contributed by atoms with Gasteiger partial charge in [0, 0.05) is 31.2 Å². The van der Waals surface area contributed by atoms with Crippen molar-refractivity contribution in [3.05, 3.63) is 35.1 Å². The zero-order valence-electron chi connectivity index (χ0n) is 11.1. The van der Waals surface area contributed by atoms with Gasteiger partial charge in [-0.25, -0.2) is 4.39 Å². The van der Waals surface area contributed by atoms with E-state index < -0.39 is 5.82 Å². The van der Waals surface area contributed by atoms with Crippen molar-refractivity contribution in [1.82, 2.24) is 4.90 Å². The quantitative estimate of drug-likeness (QED) is 0.777. The molecule has 1 atom stereocenters. The topological polar surface area (TPSA) is 66.6 Å². The zero-order chi connectivity index (χ0) is 14.5. The van der Waals surface area contributed by atoms with Gasteiger partial charge in [0.25, 0.3) is 5.91 Å². The monoisotopic (exact) mass is 276 g/mol. The number of hydrogen-bond acceptors (Lipinski definition) is 3. The summed E-state index contributed by atoms with van der Waals surface area (Å²) in [5, 5.41) is 9.12. The molecule has 1 aromatic carbocycles. The van der Waals surface area contributed by atoms with Crippen LogP contribution in [0.4, 0.5) is 4.39 Å². The summed E-state index contributed by atoms with van der Waals surface area (Å²) in [5.41, 5.74) is 6.04. The van der Waals surface area contributed by atoms with E-state index in [1.165, 1.54) is 18.2 Å². The van der Waals surface area contributed by atoms with E-state index in [1.54, 1.807) is 4.90 Å². The van der Waals surface area contributed by atoms with Crippen LogP contribution in [0.2, 0.25) is 0 Å². The highest BCUT2D eigenvalue weighted by atomic mass is 19.1. The molecule has 1 heterocycles. The van der Waals surface area contributed by atoms with Crippen molar-refractivity contribution >= 4 is 5.91 Å². The highest BCUT2D eigenvalue weighted by Crippen LogP contribution is 2.20. The van der Waals surface area contributed by atoms with Gasteiger partial charge in [-0.15, -0.1) is 0 Å². The zero-order valence-corrected chi connectivity index (χ0v) is 11.1. The fourth-order valence-electron chi connectivity index (χ4n) is 2.29. The van der Waals surface area contributed by atoms with Gasteiger partial charge in [-0.2, -0.15) is 0 Å². The number of aliphatic hydroxyl groups excluding tert-OH is 1. The Morgan fingerprint density at radius 3 is 3.00 bits per heavy atom. The summed E-state index contributed by atoms with van der Waals surface area (Å²) in [7, 11) is 0. The summed E-state index contributed by atoms with van der Waals surface area (Å²) < 4.78 is 13.3. The van der Waals surface area contributed by atoms with Crippen molar-refractivity contribution in [2.75, 3.05) is 26.2 Å². The molecule has 0 radical (unpaired) electrons. The van der Waals surface area contributed by atoms with Crippen molar-refractivity contribution in [2.24, 2.45) is 11.7 Å². The van der Waals surface area contributed by atoms with Crippen LogP contribution in [0, 0.1) is 23.6 Å². The van der Waals surface area contributed by atoms with E-state index in [4.69, 9.17) is 10.8 Å². The van der Waals surface area contributed by atoms with Crippen molar-refractivity contribution in [2.45, 2.75) is 6.42 Å². The van der Waals surface area contributed by atoms with Crippen LogP contribution < -0.4 is 5.73 Å². The first-order chi connectivity index (χ1) is 9.65. The number of carbonyl (C=O) groups is 1. The van der Waals surface area contributed by atoms with Gasteiger partial charge in [-0.1, -0.05) is 11.8 Å². The number of halogens is 1. The molecule has 0 saturated carbocycles. The second-order valence-corrected chi connectivity index (χ2v) is 4.78. The molecule has 1 unspecified atom stereocenters. The fraction of sp³-hybridized carbons (Fsp3) is 0.400. The molecule has 1 saturated heterocycles. The first kappa shape index (κ1) is 14.5. The molecule has 0 spiro atoms. The molecule has 1 fully saturated rings. The number of rotatable bonds is 2. The van der Waals surface area contributed by atoms with Gasteiger partial charge in [0.1, 0.15) is 5.82 Å². The maximum absolute atomic E-state index is 13.3. The van der Waals surface area contributed by atoms with Crippen LogP contribution in [-0.4, -0.2) is 42.2 Å². The second-order valence-electron chi connectivity index (χ2n) is 4.78. The van der Waals surface area contributed by atoms with Crippen molar-refractivity contribution in [3.63, 3.8) is 0 Å². The third-order valence-electron chi connectivity index (χ3n) is 3.37. The van der Waals surface area contributed by atoms with E-state index in [1.807, 2.05) is 0 Å². The summed E-state index contributed by atoms with van der Waals surface area (Å²) in [5.74, 6) is 4.88. The highest BCUT2D eigenvalue weighted by Gasteiger charge is 2.27. The van der Waals surface area contributed by atoms with Crippen molar-refractivity contribution < 1.29 is 14.3 Å². The lowest BCUT2D eigenvalue weighted by Gasteiger charge is -2.17. The normalized spacial score (nSPS) is 17.8. The van der Waals surface area contributed by atoms with E-state index in [2.05, 4.69) is 11.8 Å². The van der Waals surface area contributed by atoms with Crippen LogP contribution in [0.3, 0.4) is 0 Å². The summed E-state index contributed by atoms with van der Waals surface area (Å²) >= 11 is 0. The van der Waals surface area contributed by atoms with Crippen LogP contribution in [0.25, 0.3) is 0 Å². The number of amides is 1. The molecule has 4 nitrogen and oxygen atoms in total. The maximum atomic E-state index is 13.3. The second kappa shape index (κ2) is 6.51. The van der Waals surface area contributed by atoms with Gasteiger partial charge in [-0.05, 0) is 24.6 Å². The molecule has 2 rings (SSSR count). The fourth-order valence-corrected chi connectivity index (χ4v) is 2.29. The average Bonchev–Trinajstić information content (AvgIpc) is 2.93. The molecule has 1 amide bonds. The minimum atomic E-state index is -0.433. The summed E-state index contributed by atoms with van der Waals surface area (Å²) in [6, 6.07) is 3.94. The molecule has 20 heavy (non-hydrogen) atoms. The SMILES string of the molecule is NCC#Cc1cc(F)ccc1C(=O)N1CCC(CO)C1. The smallest absolute Gasteiger partial charge is 0.255 e. The van der Waals surface area contributed by atoms with E-state index in [9.17, 15) is 9.18 Å². The Balaban J connectivity index is 2.25. The molecule has 1 aromatic rings. The summed E-state index contributed by atoms with van der Waals surface area (Å²) in [6.07, 6.45) is 0.785. The average molecular weight is 276 g/mol. The lowest BCUT2D eigenvalue weighted by Crippen LogP contribution is -2.29. The lowest BCUT2D eigenvalue weighted by molar-refractivity contribution is 0.0781. The Kier molecular flexibility index (Phi) is 4.72. The molecule has 0 aromatic heterocycles. The first-order valence-corrected chi connectivity index (χ1v) is 6.54. The Hall–Kier alpha value is -1.90. The third-order valence-corrected chi connectivity index (χ3v) is 3.37. The third kappa shape index (κ3) is 3.16. The molecule has 5 heteroatoms.